The van der Waals surface area contributed by atoms with E-state index in [1.54, 1.807) is 0 Å². The van der Waals surface area contributed by atoms with Crippen molar-refractivity contribution in [2.75, 3.05) is 19.8 Å². The van der Waals surface area contributed by atoms with E-state index >= 15 is 0 Å². The molecule has 11 aliphatic rings. The van der Waals surface area contributed by atoms with Gasteiger partial charge in [-0.2, -0.15) is 0 Å². The van der Waals surface area contributed by atoms with E-state index in [0.717, 1.165) is 44.9 Å². The molecule has 500 valence electrons. The van der Waals surface area contributed by atoms with E-state index in [-0.39, 0.29) is 50.4 Å². The molecule has 0 radical (unpaired) electrons. The number of aliphatic hydroxyl groups excluding tert-OH is 14. The van der Waals surface area contributed by atoms with Gasteiger partial charge in [-0.3, -0.25) is 0 Å². The molecule has 11 fully saturated rings. The van der Waals surface area contributed by atoms with Crippen molar-refractivity contribution in [1.82, 2.24) is 0 Å². The van der Waals surface area contributed by atoms with E-state index in [0.29, 0.717) is 25.9 Å². The molecule has 0 aromatic rings. The van der Waals surface area contributed by atoms with Gasteiger partial charge in [0.25, 0.3) is 0 Å². The van der Waals surface area contributed by atoms with E-state index in [1.165, 1.54) is 13.8 Å². The third-order valence-electron chi connectivity index (χ3n) is 25.1. The van der Waals surface area contributed by atoms with Gasteiger partial charge in [0.15, 0.2) is 31.3 Å². The summed E-state index contributed by atoms with van der Waals surface area (Å²) in [6, 6.07) is 0. The Labute approximate surface area is 507 Å². The highest BCUT2D eigenvalue weighted by atomic mass is 16.8. The predicted molar refractivity (Wildman–Crippen MR) is 296 cm³/mol. The minimum Gasteiger partial charge on any atom is -0.479 e. The fourth-order valence-electron chi connectivity index (χ4n) is 19.8. The molecule has 0 aromatic carbocycles. The van der Waals surface area contributed by atoms with Crippen LogP contribution in [-0.2, 0) is 52.2 Å². The Balaban J connectivity index is 0.911. The Kier molecular flexibility index (Phi) is 18.3. The van der Waals surface area contributed by atoms with Gasteiger partial charge in [0.1, 0.15) is 91.6 Å². The highest BCUT2D eigenvalue weighted by Crippen LogP contribution is 2.80. The first-order chi connectivity index (χ1) is 40.7. The molecule has 6 saturated carbocycles. The summed E-state index contributed by atoms with van der Waals surface area (Å²) in [5.74, 6) is -2.43. The number of aliphatic hydroxyl groups is 14. The number of fused-ring (bicyclic) bond motifs is 4. The van der Waals surface area contributed by atoms with E-state index in [1.807, 2.05) is 0 Å². The molecule has 87 heavy (non-hydrogen) atoms. The summed E-state index contributed by atoms with van der Waals surface area (Å²) in [5, 5.41) is 168. The third kappa shape index (κ3) is 10.5. The largest absolute Gasteiger partial charge is 0.479 e. The molecule has 5 saturated heterocycles. The molecule has 5 heterocycles. The van der Waals surface area contributed by atoms with Gasteiger partial charge in [-0.05, 0) is 124 Å². The molecule has 0 aromatic heterocycles. The number of aliphatic carboxylic acids is 1. The van der Waals surface area contributed by atoms with Crippen molar-refractivity contribution in [1.29, 1.82) is 0 Å². The van der Waals surface area contributed by atoms with Gasteiger partial charge in [0.05, 0.1) is 55.4 Å². The topological polar surface area (TPSA) is 413 Å². The van der Waals surface area contributed by atoms with Gasteiger partial charge >= 0.3 is 5.97 Å². The first kappa shape index (κ1) is 66.9. The van der Waals surface area contributed by atoms with Crippen molar-refractivity contribution in [2.45, 2.75) is 298 Å². The smallest absolute Gasteiger partial charge is 0.335 e. The van der Waals surface area contributed by atoms with Gasteiger partial charge in [-0.15, -0.1) is 0 Å². The minimum absolute atomic E-state index is 0.000132. The lowest BCUT2D eigenvalue weighted by Gasteiger charge is -2.75. The lowest BCUT2D eigenvalue weighted by atomic mass is 9.30. The second kappa shape index (κ2) is 23.8. The molecule has 2 bridgehead atoms. The number of carbonyl (C=O) groups is 1. The van der Waals surface area contributed by atoms with E-state index in [9.17, 15) is 81.4 Å². The monoisotopic (exact) mass is 1250 g/mol. The predicted octanol–water partition coefficient (Wildman–Crippen LogP) is -1.72. The summed E-state index contributed by atoms with van der Waals surface area (Å²) in [6.07, 6.45) is -36.8. The normalized spacial score (nSPS) is 57.2. The number of ether oxygens (including phenoxy) is 10. The van der Waals surface area contributed by atoms with Gasteiger partial charge < -0.3 is 124 Å². The molecule has 0 amide bonds. The molecular weight excluding hydrogens is 1150 g/mol. The van der Waals surface area contributed by atoms with Crippen molar-refractivity contribution in [3.05, 3.63) is 0 Å². The number of carboxylic acids is 1. The minimum atomic E-state index is -2.22. The molecule has 5 aliphatic heterocycles. The standard InChI is InChI=1S/C61H100O26/c1-24-34(65)38(69)42(73)51(79-24)86-48-40(71)35(66)25(2)80-53(48)84-45-27(18-26(21-62)36(67)41(45)72)81-46-44(75)47(50(76)77)85-54(49(46)87-52-43(74)39(70)37(68)28(22-63)82-52)83-33-12-13-57(7)29(56(33,5)6)10-14-58(8)30(57)11-15-61-31-19-55(3,4)16-17-60(31,23-78-61)32(64)20-59(58,61)9/h24-49,51-54,62-75H,10-23H2,1-9H3,(H,76,77). The average molecular weight is 1250 g/mol. The maximum atomic E-state index is 13.4. The van der Waals surface area contributed by atoms with Crippen LogP contribution in [0.5, 0.6) is 0 Å². The zero-order valence-electron chi connectivity index (χ0n) is 51.4. The third-order valence-corrected chi connectivity index (χ3v) is 25.1. The van der Waals surface area contributed by atoms with E-state index < -0.39 is 196 Å². The summed E-state index contributed by atoms with van der Waals surface area (Å²) in [6.45, 7) is 17.8. The summed E-state index contributed by atoms with van der Waals surface area (Å²) in [7, 11) is 0. The van der Waals surface area contributed by atoms with Crippen molar-refractivity contribution in [3.8, 4) is 0 Å². The lowest BCUT2D eigenvalue weighted by Crippen LogP contribution is -2.74. The first-order valence-corrected chi connectivity index (χ1v) is 31.8. The Morgan fingerprint density at radius 1 is 0.506 bits per heavy atom. The van der Waals surface area contributed by atoms with E-state index in [4.69, 9.17) is 47.4 Å². The summed E-state index contributed by atoms with van der Waals surface area (Å²) in [5.41, 5.74) is -2.09. The molecule has 26 heteroatoms. The highest BCUT2D eigenvalue weighted by molar-refractivity contribution is 5.73. The van der Waals surface area contributed by atoms with Crippen LogP contribution in [0.25, 0.3) is 0 Å². The number of hydrogen-bond acceptors (Lipinski definition) is 25. The van der Waals surface area contributed by atoms with Crippen LogP contribution in [0.3, 0.4) is 0 Å². The summed E-state index contributed by atoms with van der Waals surface area (Å²) >= 11 is 0. The molecule has 6 aliphatic carbocycles. The van der Waals surface area contributed by atoms with Crippen LogP contribution in [-0.4, -0.2) is 267 Å². The van der Waals surface area contributed by atoms with Gasteiger partial charge in [-0.25, -0.2) is 4.79 Å². The molecule has 26 nitrogen and oxygen atoms in total. The summed E-state index contributed by atoms with van der Waals surface area (Å²) in [4.78, 5) is 13.4. The van der Waals surface area contributed by atoms with Crippen LogP contribution in [0.2, 0.25) is 0 Å². The van der Waals surface area contributed by atoms with Crippen molar-refractivity contribution in [2.24, 2.45) is 56.2 Å². The average Bonchev–Trinajstić information content (AvgIpc) is 1.62. The van der Waals surface area contributed by atoms with Crippen LogP contribution in [0, 0.1) is 56.2 Å². The Morgan fingerprint density at radius 3 is 1.75 bits per heavy atom. The van der Waals surface area contributed by atoms with Crippen LogP contribution in [0.1, 0.15) is 133 Å². The second-order valence-corrected chi connectivity index (χ2v) is 30.4. The SMILES string of the molecule is CC1OC(OC2C(OC3C(OC4C(O)C(C(=O)O)OC(OC5CCC6(C)C(CCC7(C)C6CCC68OCC9(CCC(C)(C)CC96)C(O)CC78C)C5(C)C)C4OC4OC(CO)C(O)C(O)C4O)CC(CO)C(O)C3O)OC(C)C(O)C2O)C(O)C(O)C1O. The fraction of sp³-hybridized carbons (Fsp3) is 0.984. The maximum absolute atomic E-state index is 13.4. The van der Waals surface area contributed by atoms with Crippen LogP contribution < -0.4 is 0 Å². The van der Waals surface area contributed by atoms with E-state index in [2.05, 4.69) is 48.5 Å². The fourth-order valence-corrected chi connectivity index (χ4v) is 19.8. The molecule has 35 atom stereocenters. The summed E-state index contributed by atoms with van der Waals surface area (Å²) < 4.78 is 63.7. The number of carboxylic acid groups (broad SMARTS) is 1. The molecule has 11 rings (SSSR count). The van der Waals surface area contributed by atoms with Crippen LogP contribution in [0.4, 0.5) is 0 Å². The zero-order chi connectivity index (χ0) is 63.4. The first-order valence-electron chi connectivity index (χ1n) is 31.8. The molecule has 15 N–H and O–H groups in total. The van der Waals surface area contributed by atoms with Crippen molar-refractivity contribution >= 4 is 5.97 Å². The Hall–Kier alpha value is -1.49. The zero-order valence-corrected chi connectivity index (χ0v) is 51.4. The quantitative estimate of drug-likeness (QED) is 0.0913. The Bertz CT molecular complexity index is 2440. The lowest BCUT2D eigenvalue weighted by molar-refractivity contribution is -0.391. The maximum Gasteiger partial charge on any atom is 0.335 e. The second-order valence-electron chi connectivity index (χ2n) is 30.4. The van der Waals surface area contributed by atoms with Crippen LogP contribution in [0.15, 0.2) is 0 Å². The van der Waals surface area contributed by atoms with Crippen LogP contribution >= 0.6 is 0 Å². The van der Waals surface area contributed by atoms with Crippen molar-refractivity contribution < 1.29 is 129 Å². The number of hydrogen-bond donors (Lipinski definition) is 15. The molecule has 1 spiro atoms. The highest BCUT2D eigenvalue weighted by Gasteiger charge is 2.80. The van der Waals surface area contributed by atoms with Gasteiger partial charge in [0.2, 0.25) is 0 Å². The van der Waals surface area contributed by atoms with Crippen molar-refractivity contribution in [3.63, 3.8) is 0 Å². The van der Waals surface area contributed by atoms with Gasteiger partial charge in [-0.1, -0.05) is 48.5 Å². The molecular formula is C61H100O26. The Morgan fingerprint density at radius 2 is 1.09 bits per heavy atom. The molecule has 35 unspecified atom stereocenters. The number of rotatable bonds is 13. The van der Waals surface area contributed by atoms with Gasteiger partial charge in [0, 0.05) is 23.4 Å².